The van der Waals surface area contributed by atoms with E-state index < -0.39 is 0 Å². The number of unbranched alkanes of at least 4 members (excludes halogenated alkanes) is 1. The van der Waals surface area contributed by atoms with Gasteiger partial charge in [-0.3, -0.25) is 0 Å². The Morgan fingerprint density at radius 1 is 1.25 bits per heavy atom. The normalized spacial score (nSPS) is 10.8. The summed E-state index contributed by atoms with van der Waals surface area (Å²) in [6.45, 7) is 3.76. The van der Waals surface area contributed by atoms with Gasteiger partial charge >= 0.3 is 0 Å². The highest BCUT2D eigenvalue weighted by molar-refractivity contribution is 6.30. The molecule has 0 atom stereocenters. The minimum Gasteiger partial charge on any atom is -0.0843 e. The predicted octanol–water partition coefficient (Wildman–Crippen LogP) is 3.97. The maximum atomic E-state index is 5.74. The molecule has 0 heterocycles. The molecular weight excluding hydrogens is 168 g/mol. The van der Waals surface area contributed by atoms with Crippen LogP contribution in [0.2, 0.25) is 5.02 Å². The van der Waals surface area contributed by atoms with Crippen LogP contribution in [0.1, 0.15) is 18.4 Å². The van der Waals surface area contributed by atoms with Crippen LogP contribution in [-0.2, 0) is 0 Å². The number of hydrogen-bond acceptors (Lipinski definition) is 0. The van der Waals surface area contributed by atoms with Crippen molar-refractivity contribution in [3.05, 3.63) is 47.9 Å². The number of allylic oxidation sites excluding steroid dienone is 1. The van der Waals surface area contributed by atoms with Crippen LogP contribution in [0.3, 0.4) is 0 Å². The minimum absolute atomic E-state index is 0.782. The summed E-state index contributed by atoms with van der Waals surface area (Å²) in [7, 11) is 0. The van der Waals surface area contributed by atoms with Crippen LogP contribution >= 0.6 is 11.6 Å². The Bertz CT molecular complexity index is 246. The summed E-state index contributed by atoms with van der Waals surface area (Å²) in [6.07, 6.45) is 6.18. The van der Waals surface area contributed by atoms with Gasteiger partial charge in [-0.2, -0.15) is 0 Å². The van der Waals surface area contributed by atoms with Crippen molar-refractivity contribution in [1.82, 2.24) is 0 Å². The van der Waals surface area contributed by atoms with E-state index in [0.29, 0.717) is 0 Å². The van der Waals surface area contributed by atoms with Gasteiger partial charge in [0.25, 0.3) is 0 Å². The van der Waals surface area contributed by atoms with Crippen molar-refractivity contribution >= 4 is 17.7 Å². The summed E-state index contributed by atoms with van der Waals surface area (Å²) in [5, 5.41) is 0.782. The maximum absolute atomic E-state index is 5.74. The van der Waals surface area contributed by atoms with E-state index in [2.05, 4.69) is 19.1 Å². The zero-order chi connectivity index (χ0) is 8.81. The molecule has 0 spiro atoms. The number of rotatable bonds is 3. The summed E-state index contributed by atoms with van der Waals surface area (Å²) in [6, 6.07) is 7.79. The SMILES string of the molecule is [CH2]CC/C=C/c1ccc(Cl)cc1. The van der Waals surface area contributed by atoms with Crippen LogP contribution in [0.4, 0.5) is 0 Å². The van der Waals surface area contributed by atoms with Crippen LogP contribution < -0.4 is 0 Å². The lowest BCUT2D eigenvalue weighted by Crippen LogP contribution is -1.70. The number of benzene rings is 1. The molecule has 0 aromatic heterocycles. The van der Waals surface area contributed by atoms with E-state index in [1.54, 1.807) is 0 Å². The van der Waals surface area contributed by atoms with Crippen molar-refractivity contribution in [1.29, 1.82) is 0 Å². The smallest absolute Gasteiger partial charge is 0.0406 e. The molecule has 1 radical (unpaired) electrons. The van der Waals surface area contributed by atoms with Gasteiger partial charge < -0.3 is 0 Å². The summed E-state index contributed by atoms with van der Waals surface area (Å²) >= 11 is 5.74. The fraction of sp³-hybridized carbons (Fsp3) is 0.182. The average Bonchev–Trinajstić information content (AvgIpc) is 2.09. The average molecular weight is 180 g/mol. The third kappa shape index (κ3) is 3.10. The largest absolute Gasteiger partial charge is 0.0843 e. The predicted molar refractivity (Wildman–Crippen MR) is 55.1 cm³/mol. The maximum Gasteiger partial charge on any atom is 0.0406 e. The van der Waals surface area contributed by atoms with Crippen molar-refractivity contribution in [2.75, 3.05) is 0 Å². The molecule has 1 heteroatoms. The molecule has 0 aliphatic carbocycles. The molecule has 0 N–H and O–H groups in total. The first-order valence-electron chi connectivity index (χ1n) is 4.04. The number of halogens is 1. The van der Waals surface area contributed by atoms with Gasteiger partial charge in [-0.05, 0) is 30.5 Å². The van der Waals surface area contributed by atoms with Crippen molar-refractivity contribution < 1.29 is 0 Å². The van der Waals surface area contributed by atoms with E-state index in [9.17, 15) is 0 Å². The van der Waals surface area contributed by atoms with E-state index in [1.165, 1.54) is 5.56 Å². The highest BCUT2D eigenvalue weighted by Gasteiger charge is 1.86. The quantitative estimate of drug-likeness (QED) is 0.659. The second-order valence-electron chi connectivity index (χ2n) is 2.60. The lowest BCUT2D eigenvalue weighted by atomic mass is 10.2. The van der Waals surface area contributed by atoms with E-state index in [4.69, 9.17) is 11.6 Å². The Morgan fingerprint density at radius 3 is 2.50 bits per heavy atom. The molecule has 0 amide bonds. The van der Waals surface area contributed by atoms with E-state index >= 15 is 0 Å². The van der Waals surface area contributed by atoms with Gasteiger partial charge in [-0.1, -0.05) is 42.8 Å². The van der Waals surface area contributed by atoms with Gasteiger partial charge in [0.15, 0.2) is 0 Å². The second kappa shape index (κ2) is 5.00. The molecule has 0 fully saturated rings. The molecule has 63 valence electrons. The summed E-state index contributed by atoms with van der Waals surface area (Å²) in [5.74, 6) is 0. The molecule has 0 unspecified atom stereocenters. The highest BCUT2D eigenvalue weighted by atomic mass is 35.5. The zero-order valence-corrected chi connectivity index (χ0v) is 7.72. The standard InChI is InChI=1S/C11H12Cl/c1-2-3-4-5-10-6-8-11(12)9-7-10/h4-9H,1-3H2/b5-4+. The fourth-order valence-electron chi connectivity index (χ4n) is 0.911. The highest BCUT2D eigenvalue weighted by Crippen LogP contribution is 2.10. The lowest BCUT2D eigenvalue weighted by Gasteiger charge is -1.92. The molecule has 0 bridgehead atoms. The molecule has 1 rings (SSSR count). The third-order valence-electron chi connectivity index (χ3n) is 1.55. The van der Waals surface area contributed by atoms with E-state index in [1.807, 2.05) is 24.3 Å². The molecule has 0 aliphatic heterocycles. The van der Waals surface area contributed by atoms with Gasteiger partial charge in [0.2, 0.25) is 0 Å². The van der Waals surface area contributed by atoms with Crippen LogP contribution in [0.15, 0.2) is 30.3 Å². The first-order valence-corrected chi connectivity index (χ1v) is 4.42. The van der Waals surface area contributed by atoms with Crippen LogP contribution in [-0.4, -0.2) is 0 Å². The van der Waals surface area contributed by atoms with E-state index in [0.717, 1.165) is 17.9 Å². The molecule has 1 aromatic carbocycles. The first kappa shape index (κ1) is 9.34. The third-order valence-corrected chi connectivity index (χ3v) is 1.80. The summed E-state index contributed by atoms with van der Waals surface area (Å²) in [4.78, 5) is 0. The molecular formula is C11H12Cl. The topological polar surface area (TPSA) is 0 Å². The van der Waals surface area contributed by atoms with Gasteiger partial charge in [-0.25, -0.2) is 0 Å². The lowest BCUT2D eigenvalue weighted by molar-refractivity contribution is 1.06. The van der Waals surface area contributed by atoms with Gasteiger partial charge in [0.1, 0.15) is 0 Å². The van der Waals surface area contributed by atoms with Crippen LogP contribution in [0.5, 0.6) is 0 Å². The molecule has 0 aliphatic rings. The monoisotopic (exact) mass is 179 g/mol. The molecule has 0 nitrogen and oxygen atoms in total. The molecule has 1 aromatic rings. The first-order chi connectivity index (χ1) is 5.83. The van der Waals surface area contributed by atoms with Crippen molar-refractivity contribution in [3.63, 3.8) is 0 Å². The van der Waals surface area contributed by atoms with Crippen molar-refractivity contribution in [3.8, 4) is 0 Å². The van der Waals surface area contributed by atoms with Crippen LogP contribution in [0, 0.1) is 6.92 Å². The minimum atomic E-state index is 0.782. The summed E-state index contributed by atoms with van der Waals surface area (Å²) in [5.41, 5.74) is 1.19. The Morgan fingerprint density at radius 2 is 1.92 bits per heavy atom. The molecule has 0 saturated carbocycles. The zero-order valence-electron chi connectivity index (χ0n) is 6.96. The van der Waals surface area contributed by atoms with Crippen LogP contribution in [0.25, 0.3) is 6.08 Å². The molecule has 0 saturated heterocycles. The van der Waals surface area contributed by atoms with Gasteiger partial charge in [-0.15, -0.1) is 0 Å². The van der Waals surface area contributed by atoms with Gasteiger partial charge in [0, 0.05) is 5.02 Å². The van der Waals surface area contributed by atoms with Gasteiger partial charge in [0.05, 0.1) is 0 Å². The number of hydrogen-bond donors (Lipinski definition) is 0. The second-order valence-corrected chi connectivity index (χ2v) is 3.03. The molecule has 12 heavy (non-hydrogen) atoms. The summed E-state index contributed by atoms with van der Waals surface area (Å²) < 4.78 is 0. The Balaban J connectivity index is 2.58. The van der Waals surface area contributed by atoms with Crippen molar-refractivity contribution in [2.45, 2.75) is 12.8 Å². The Labute approximate surface area is 78.9 Å². The van der Waals surface area contributed by atoms with E-state index in [-0.39, 0.29) is 0 Å². The fourth-order valence-corrected chi connectivity index (χ4v) is 1.04. The Hall–Kier alpha value is -0.750. The van der Waals surface area contributed by atoms with Crippen molar-refractivity contribution in [2.24, 2.45) is 0 Å². The Kier molecular flexibility index (Phi) is 3.89.